The van der Waals surface area contributed by atoms with Crippen LogP contribution >= 0.6 is 0 Å². The molecule has 2 unspecified atom stereocenters. The van der Waals surface area contributed by atoms with Crippen molar-refractivity contribution in [3.05, 3.63) is 0 Å². The van der Waals surface area contributed by atoms with E-state index >= 15 is 0 Å². The Bertz CT molecular complexity index is 127. The Morgan fingerprint density at radius 2 is 2.18 bits per heavy atom. The summed E-state index contributed by atoms with van der Waals surface area (Å²) in [4.78, 5) is 20.3. The Morgan fingerprint density at radius 1 is 1.55 bits per heavy atom. The number of aliphatic hydroxyl groups excluding tert-OH is 1. The van der Waals surface area contributed by atoms with Gasteiger partial charge in [0, 0.05) is 18.6 Å². The van der Waals surface area contributed by atoms with Gasteiger partial charge in [-0.25, -0.2) is 0 Å². The maximum atomic E-state index is 10.3. The van der Waals surface area contributed by atoms with Gasteiger partial charge in [-0.15, -0.1) is 0 Å². The van der Waals surface area contributed by atoms with Gasteiger partial charge in [0.2, 0.25) is 6.41 Å². The van der Waals surface area contributed by atoms with Gasteiger partial charge in [0.05, 0.1) is 0 Å². The third kappa shape index (κ3) is 3.72. The van der Waals surface area contributed by atoms with Gasteiger partial charge < -0.3 is 15.2 Å². The molecule has 4 nitrogen and oxygen atoms in total. The highest BCUT2D eigenvalue weighted by Gasteiger charge is 2.14. The fourth-order valence-electron chi connectivity index (χ4n) is 0.819. The molecule has 0 aliphatic rings. The lowest BCUT2D eigenvalue weighted by Crippen LogP contribution is -2.35. The van der Waals surface area contributed by atoms with E-state index < -0.39 is 0 Å². The number of nitrogens with one attached hydrogen (secondary N) is 1. The first-order chi connectivity index (χ1) is 5.26. The van der Waals surface area contributed by atoms with E-state index in [0.29, 0.717) is 12.8 Å². The molecule has 0 aliphatic carbocycles. The van der Waals surface area contributed by atoms with Crippen LogP contribution in [0.2, 0.25) is 0 Å². The molecule has 0 radical (unpaired) electrons. The lowest BCUT2D eigenvalue weighted by atomic mass is 10.0. The fourth-order valence-corrected chi connectivity index (χ4v) is 0.819. The molecule has 2 N–H and O–H groups in total. The van der Waals surface area contributed by atoms with Crippen LogP contribution < -0.4 is 5.32 Å². The van der Waals surface area contributed by atoms with Crippen LogP contribution in [0.1, 0.15) is 13.3 Å². The van der Waals surface area contributed by atoms with Crippen molar-refractivity contribution in [2.24, 2.45) is 5.92 Å². The third-order valence-corrected chi connectivity index (χ3v) is 1.57. The van der Waals surface area contributed by atoms with Crippen molar-refractivity contribution in [2.75, 3.05) is 6.61 Å². The largest absolute Gasteiger partial charge is 0.396 e. The molecule has 0 spiro atoms. The molecule has 2 atom stereocenters. The first kappa shape index (κ1) is 10.1. The minimum absolute atomic E-state index is 0.0241. The highest BCUT2D eigenvalue weighted by atomic mass is 16.3. The molecule has 0 heterocycles. The monoisotopic (exact) mass is 159 g/mol. The molecule has 4 heteroatoms. The van der Waals surface area contributed by atoms with Crippen LogP contribution in [0, 0.1) is 5.92 Å². The van der Waals surface area contributed by atoms with Gasteiger partial charge in [-0.05, 0) is 6.42 Å². The summed E-state index contributed by atoms with van der Waals surface area (Å²) in [5, 5.41) is 11.0. The highest BCUT2D eigenvalue weighted by molar-refractivity contribution is 5.56. The molecule has 0 aromatic heterocycles. The number of hydrogen-bond donors (Lipinski definition) is 2. The van der Waals surface area contributed by atoms with Crippen molar-refractivity contribution < 1.29 is 14.7 Å². The maximum absolute atomic E-state index is 10.3. The molecule has 0 fully saturated rings. The molecular weight excluding hydrogens is 146 g/mol. The van der Waals surface area contributed by atoms with Crippen LogP contribution in [0.15, 0.2) is 0 Å². The van der Waals surface area contributed by atoms with E-state index in [1.807, 2.05) is 0 Å². The standard InChI is InChI=1S/C7H13NO3/c1-6(4-10)7(2-3-9)8-5-11/h4-7,9H,2-3H2,1H3,(H,8,11). The van der Waals surface area contributed by atoms with Crippen molar-refractivity contribution in [1.82, 2.24) is 5.32 Å². The van der Waals surface area contributed by atoms with Crippen LogP contribution in [0.25, 0.3) is 0 Å². The minimum atomic E-state index is -0.243. The summed E-state index contributed by atoms with van der Waals surface area (Å²) in [6.07, 6.45) is 1.72. The van der Waals surface area contributed by atoms with Crippen molar-refractivity contribution in [3.63, 3.8) is 0 Å². The average Bonchev–Trinajstić information content (AvgIpc) is 2.03. The fraction of sp³-hybridized carbons (Fsp3) is 0.714. The van der Waals surface area contributed by atoms with E-state index in [-0.39, 0.29) is 18.6 Å². The molecule has 0 aliphatic heterocycles. The number of aldehydes is 1. The van der Waals surface area contributed by atoms with Gasteiger partial charge >= 0.3 is 0 Å². The summed E-state index contributed by atoms with van der Waals surface area (Å²) in [5.74, 6) is -0.243. The summed E-state index contributed by atoms with van der Waals surface area (Å²) < 4.78 is 0. The number of rotatable bonds is 6. The van der Waals surface area contributed by atoms with E-state index in [1.54, 1.807) is 6.92 Å². The van der Waals surface area contributed by atoms with Gasteiger partial charge in [-0.1, -0.05) is 6.92 Å². The van der Waals surface area contributed by atoms with Crippen LogP contribution in [0.5, 0.6) is 0 Å². The highest BCUT2D eigenvalue weighted by Crippen LogP contribution is 2.02. The summed E-state index contributed by atoms with van der Waals surface area (Å²) in [5.41, 5.74) is 0. The molecule has 0 saturated carbocycles. The molecule has 0 aromatic carbocycles. The zero-order valence-corrected chi connectivity index (χ0v) is 6.49. The smallest absolute Gasteiger partial charge is 0.207 e. The molecule has 64 valence electrons. The van der Waals surface area contributed by atoms with Gasteiger partial charge in [0.1, 0.15) is 6.29 Å². The van der Waals surface area contributed by atoms with Gasteiger partial charge in [-0.3, -0.25) is 4.79 Å². The summed E-state index contributed by atoms with van der Waals surface area (Å²) >= 11 is 0. The average molecular weight is 159 g/mol. The summed E-state index contributed by atoms with van der Waals surface area (Å²) in [6, 6.07) is -0.241. The number of carbonyl (C=O) groups excluding carboxylic acids is 2. The minimum Gasteiger partial charge on any atom is -0.396 e. The zero-order valence-electron chi connectivity index (χ0n) is 6.49. The van der Waals surface area contributed by atoms with Crippen LogP contribution in [-0.2, 0) is 9.59 Å². The Kier molecular flexibility index (Phi) is 5.37. The van der Waals surface area contributed by atoms with Crippen molar-refractivity contribution in [2.45, 2.75) is 19.4 Å². The number of aliphatic hydroxyl groups is 1. The van der Waals surface area contributed by atoms with Crippen LogP contribution in [0.4, 0.5) is 0 Å². The predicted octanol–water partition coefficient (Wildman–Crippen LogP) is -0.682. The summed E-state index contributed by atoms with van der Waals surface area (Å²) in [7, 11) is 0. The van der Waals surface area contributed by atoms with Gasteiger partial charge in [-0.2, -0.15) is 0 Å². The van der Waals surface area contributed by atoms with Crippen LogP contribution in [-0.4, -0.2) is 30.5 Å². The second-order valence-corrected chi connectivity index (χ2v) is 2.40. The van der Waals surface area contributed by atoms with E-state index in [9.17, 15) is 9.59 Å². The summed E-state index contributed by atoms with van der Waals surface area (Å²) in [6.45, 7) is 1.67. The van der Waals surface area contributed by atoms with Crippen molar-refractivity contribution in [1.29, 1.82) is 0 Å². The number of hydrogen-bond acceptors (Lipinski definition) is 3. The van der Waals surface area contributed by atoms with Gasteiger partial charge in [0.15, 0.2) is 0 Å². The Morgan fingerprint density at radius 3 is 2.55 bits per heavy atom. The van der Waals surface area contributed by atoms with E-state index in [0.717, 1.165) is 6.29 Å². The zero-order chi connectivity index (χ0) is 8.69. The molecular formula is C7H13NO3. The Balaban J connectivity index is 3.84. The molecule has 0 rings (SSSR count). The lowest BCUT2D eigenvalue weighted by molar-refractivity contribution is -0.113. The quantitative estimate of drug-likeness (QED) is 0.504. The van der Waals surface area contributed by atoms with Crippen molar-refractivity contribution >= 4 is 12.7 Å². The Hall–Kier alpha value is -0.900. The first-order valence-corrected chi connectivity index (χ1v) is 3.52. The van der Waals surface area contributed by atoms with Crippen molar-refractivity contribution in [3.8, 4) is 0 Å². The Labute approximate surface area is 65.6 Å². The number of carbonyl (C=O) groups is 2. The third-order valence-electron chi connectivity index (χ3n) is 1.57. The van der Waals surface area contributed by atoms with E-state index in [4.69, 9.17) is 5.11 Å². The molecule has 0 bridgehead atoms. The molecule has 11 heavy (non-hydrogen) atoms. The topological polar surface area (TPSA) is 66.4 Å². The number of amides is 1. The van der Waals surface area contributed by atoms with Gasteiger partial charge in [0.25, 0.3) is 0 Å². The second-order valence-electron chi connectivity index (χ2n) is 2.40. The maximum Gasteiger partial charge on any atom is 0.207 e. The predicted molar refractivity (Wildman–Crippen MR) is 39.9 cm³/mol. The molecule has 0 saturated heterocycles. The van der Waals surface area contributed by atoms with E-state index in [2.05, 4.69) is 5.32 Å². The normalized spacial score (nSPS) is 15.1. The van der Waals surface area contributed by atoms with Crippen LogP contribution in [0.3, 0.4) is 0 Å². The molecule has 0 aromatic rings. The van der Waals surface area contributed by atoms with E-state index in [1.165, 1.54) is 0 Å². The SMILES string of the molecule is CC(C=O)C(CCO)NC=O. The first-order valence-electron chi connectivity index (χ1n) is 3.52. The second kappa shape index (κ2) is 5.85. The lowest BCUT2D eigenvalue weighted by Gasteiger charge is -2.17. The molecule has 1 amide bonds.